The predicted octanol–water partition coefficient (Wildman–Crippen LogP) is 1.65. The van der Waals surface area contributed by atoms with Crippen LogP contribution in [0.25, 0.3) is 0 Å². The lowest BCUT2D eigenvalue weighted by molar-refractivity contribution is 0.185. The average Bonchev–Trinajstić information content (AvgIpc) is 2.16. The van der Waals surface area contributed by atoms with Crippen LogP contribution in [-0.2, 0) is 0 Å². The van der Waals surface area contributed by atoms with E-state index in [1.165, 1.54) is 0 Å². The number of hydrogen-bond acceptors (Lipinski definition) is 3. The minimum Gasteiger partial charge on any atom is -0.389 e. The SMILES string of the molecule is CC(O)c1[c]c(C(C)O)cc(C(C)O)c1. The highest BCUT2D eigenvalue weighted by molar-refractivity contribution is 5.32. The third kappa shape index (κ3) is 3.02. The number of aliphatic hydroxyl groups excluding tert-OH is 3. The molecule has 15 heavy (non-hydrogen) atoms. The van der Waals surface area contributed by atoms with E-state index < -0.39 is 18.3 Å². The summed E-state index contributed by atoms with van der Waals surface area (Å²) in [6, 6.07) is 6.32. The second-order valence-corrected chi connectivity index (χ2v) is 3.85. The first-order valence-corrected chi connectivity index (χ1v) is 5.03. The van der Waals surface area contributed by atoms with Gasteiger partial charge in [0, 0.05) is 0 Å². The van der Waals surface area contributed by atoms with E-state index in [4.69, 9.17) is 0 Å². The molecule has 0 saturated heterocycles. The Balaban J connectivity index is 3.20. The van der Waals surface area contributed by atoms with Gasteiger partial charge >= 0.3 is 0 Å². The molecule has 3 N–H and O–H groups in total. The Labute approximate surface area is 90.0 Å². The highest BCUT2D eigenvalue weighted by Crippen LogP contribution is 2.23. The van der Waals surface area contributed by atoms with Crippen molar-refractivity contribution >= 4 is 0 Å². The van der Waals surface area contributed by atoms with Crippen LogP contribution < -0.4 is 0 Å². The lowest BCUT2D eigenvalue weighted by Crippen LogP contribution is -2.02. The second kappa shape index (κ2) is 4.75. The van der Waals surface area contributed by atoms with Crippen molar-refractivity contribution in [3.05, 3.63) is 34.9 Å². The van der Waals surface area contributed by atoms with Gasteiger partial charge in [-0.05, 0) is 55.7 Å². The molecule has 0 fully saturated rings. The summed E-state index contributed by atoms with van der Waals surface area (Å²) in [6.45, 7) is 4.90. The fourth-order valence-corrected chi connectivity index (χ4v) is 1.33. The lowest BCUT2D eigenvalue weighted by atomic mass is 9.98. The summed E-state index contributed by atoms with van der Waals surface area (Å²) < 4.78 is 0. The largest absolute Gasteiger partial charge is 0.389 e. The minimum atomic E-state index is -0.652. The molecule has 0 aromatic heterocycles. The molecule has 0 saturated carbocycles. The molecule has 1 rings (SSSR count). The first kappa shape index (κ1) is 12.2. The molecule has 83 valence electrons. The lowest BCUT2D eigenvalue weighted by Gasteiger charge is -2.14. The summed E-state index contributed by atoms with van der Waals surface area (Å²) >= 11 is 0. The topological polar surface area (TPSA) is 60.7 Å². The summed E-state index contributed by atoms with van der Waals surface area (Å²) in [7, 11) is 0. The van der Waals surface area contributed by atoms with Crippen LogP contribution in [0, 0.1) is 6.07 Å². The zero-order valence-corrected chi connectivity index (χ0v) is 9.23. The zero-order valence-electron chi connectivity index (χ0n) is 9.23. The Bertz CT molecular complexity index is 265. The molecule has 3 heteroatoms. The molecule has 1 aromatic rings. The van der Waals surface area contributed by atoms with Crippen LogP contribution in [0.15, 0.2) is 12.1 Å². The van der Waals surface area contributed by atoms with Gasteiger partial charge in [-0.15, -0.1) is 0 Å². The van der Waals surface area contributed by atoms with E-state index in [0.29, 0.717) is 16.7 Å². The molecule has 0 aliphatic carbocycles. The molecule has 0 aliphatic heterocycles. The van der Waals surface area contributed by atoms with Crippen LogP contribution in [0.3, 0.4) is 0 Å². The zero-order chi connectivity index (χ0) is 11.6. The van der Waals surface area contributed by atoms with Crippen LogP contribution >= 0.6 is 0 Å². The molecule has 0 amide bonds. The maximum atomic E-state index is 9.46. The first-order chi connectivity index (χ1) is 6.91. The van der Waals surface area contributed by atoms with Gasteiger partial charge in [-0.1, -0.05) is 0 Å². The van der Waals surface area contributed by atoms with Crippen LogP contribution in [0.4, 0.5) is 0 Å². The van der Waals surface area contributed by atoms with Crippen molar-refractivity contribution in [2.24, 2.45) is 0 Å². The fraction of sp³-hybridized carbons (Fsp3) is 0.500. The van der Waals surface area contributed by atoms with Crippen LogP contribution in [0.2, 0.25) is 0 Å². The van der Waals surface area contributed by atoms with Gasteiger partial charge in [-0.25, -0.2) is 0 Å². The van der Waals surface area contributed by atoms with Gasteiger partial charge in [0.2, 0.25) is 0 Å². The Hall–Kier alpha value is -0.900. The first-order valence-electron chi connectivity index (χ1n) is 5.03. The Kier molecular flexibility index (Phi) is 3.85. The summed E-state index contributed by atoms with van der Waals surface area (Å²) in [5, 5.41) is 28.3. The molecular formula is C12H17O3. The van der Waals surface area contributed by atoms with E-state index in [2.05, 4.69) is 6.07 Å². The maximum absolute atomic E-state index is 9.46. The van der Waals surface area contributed by atoms with Crippen molar-refractivity contribution < 1.29 is 15.3 Å². The van der Waals surface area contributed by atoms with Crippen molar-refractivity contribution in [3.8, 4) is 0 Å². The fourth-order valence-electron chi connectivity index (χ4n) is 1.33. The molecule has 0 aliphatic rings. The van der Waals surface area contributed by atoms with Gasteiger partial charge in [0.25, 0.3) is 0 Å². The minimum absolute atomic E-state index is 0.587. The summed E-state index contributed by atoms with van der Waals surface area (Å²) in [5.74, 6) is 0. The second-order valence-electron chi connectivity index (χ2n) is 3.85. The number of rotatable bonds is 3. The Morgan fingerprint density at radius 3 is 1.53 bits per heavy atom. The van der Waals surface area contributed by atoms with Gasteiger partial charge in [-0.3, -0.25) is 0 Å². The normalized spacial score (nSPS) is 17.2. The molecule has 0 spiro atoms. The van der Waals surface area contributed by atoms with Crippen LogP contribution in [0.5, 0.6) is 0 Å². The summed E-state index contributed by atoms with van der Waals surface area (Å²) in [5.41, 5.74) is 1.86. The van der Waals surface area contributed by atoms with E-state index in [0.717, 1.165) is 0 Å². The molecule has 3 unspecified atom stereocenters. The number of aliphatic hydroxyl groups is 3. The maximum Gasteiger partial charge on any atom is 0.0768 e. The molecule has 1 aromatic carbocycles. The molecule has 0 heterocycles. The van der Waals surface area contributed by atoms with Gasteiger partial charge in [0.05, 0.1) is 18.3 Å². The van der Waals surface area contributed by atoms with Gasteiger partial charge in [0.15, 0.2) is 0 Å². The number of hydrogen-bond donors (Lipinski definition) is 3. The van der Waals surface area contributed by atoms with Crippen molar-refractivity contribution in [1.29, 1.82) is 0 Å². The summed E-state index contributed by atoms with van der Waals surface area (Å²) in [4.78, 5) is 0. The molecule has 1 radical (unpaired) electrons. The molecule has 3 atom stereocenters. The van der Waals surface area contributed by atoms with E-state index in [9.17, 15) is 15.3 Å². The van der Waals surface area contributed by atoms with E-state index in [1.807, 2.05) is 0 Å². The van der Waals surface area contributed by atoms with Crippen molar-refractivity contribution in [1.82, 2.24) is 0 Å². The van der Waals surface area contributed by atoms with Crippen LogP contribution in [0.1, 0.15) is 55.8 Å². The van der Waals surface area contributed by atoms with Gasteiger partial charge < -0.3 is 15.3 Å². The molecular weight excluding hydrogens is 192 g/mol. The number of benzene rings is 1. The third-order valence-electron chi connectivity index (χ3n) is 2.32. The van der Waals surface area contributed by atoms with Crippen molar-refractivity contribution in [2.45, 2.75) is 39.1 Å². The smallest absolute Gasteiger partial charge is 0.0768 e. The average molecular weight is 209 g/mol. The molecule has 3 nitrogen and oxygen atoms in total. The highest BCUT2D eigenvalue weighted by Gasteiger charge is 2.11. The van der Waals surface area contributed by atoms with E-state index in [1.54, 1.807) is 32.9 Å². The Morgan fingerprint density at radius 1 is 0.867 bits per heavy atom. The Morgan fingerprint density at radius 2 is 1.27 bits per heavy atom. The van der Waals surface area contributed by atoms with Crippen molar-refractivity contribution in [2.75, 3.05) is 0 Å². The van der Waals surface area contributed by atoms with Gasteiger partial charge in [0.1, 0.15) is 0 Å². The third-order valence-corrected chi connectivity index (χ3v) is 2.32. The highest BCUT2D eigenvalue weighted by atomic mass is 16.3. The van der Waals surface area contributed by atoms with Crippen molar-refractivity contribution in [3.63, 3.8) is 0 Å². The van der Waals surface area contributed by atoms with E-state index >= 15 is 0 Å². The molecule has 0 bridgehead atoms. The standard InChI is InChI=1S/C12H17O3/c1-7(13)10-4-11(8(2)14)6-12(5-10)9(3)15/h4-5,7-9,13-15H,1-3H3. The van der Waals surface area contributed by atoms with Gasteiger partial charge in [-0.2, -0.15) is 0 Å². The summed E-state index contributed by atoms with van der Waals surface area (Å²) in [6.07, 6.45) is -1.92. The van der Waals surface area contributed by atoms with E-state index in [-0.39, 0.29) is 0 Å². The quantitative estimate of drug-likeness (QED) is 0.709. The predicted molar refractivity (Wildman–Crippen MR) is 57.2 cm³/mol. The van der Waals surface area contributed by atoms with Crippen LogP contribution in [-0.4, -0.2) is 15.3 Å². The monoisotopic (exact) mass is 209 g/mol.